The molecule has 1 rings (SSSR count). The lowest BCUT2D eigenvalue weighted by Crippen LogP contribution is -2.20. The first-order valence-electron chi connectivity index (χ1n) is 5.03. The molecule has 0 aliphatic rings. The van der Waals surface area contributed by atoms with Gasteiger partial charge < -0.3 is 0 Å². The van der Waals surface area contributed by atoms with E-state index in [2.05, 4.69) is 34.7 Å². The zero-order chi connectivity index (χ0) is 11.3. The number of halogens is 1. The van der Waals surface area contributed by atoms with Gasteiger partial charge in [0.25, 0.3) is 0 Å². The lowest BCUT2D eigenvalue weighted by atomic mass is 10.2. The first-order valence-corrected chi connectivity index (χ1v) is 6.11. The van der Waals surface area contributed by atoms with E-state index in [1.807, 2.05) is 32.9 Å². The fraction of sp³-hybridized carbons (Fsp3) is 0.500. The van der Waals surface area contributed by atoms with Gasteiger partial charge in [-0.3, -0.25) is 0 Å². The van der Waals surface area contributed by atoms with Gasteiger partial charge in [-0.1, -0.05) is 18.2 Å². The Labute approximate surface area is 105 Å². The summed E-state index contributed by atoms with van der Waals surface area (Å²) < 4.78 is 1.27. The Morgan fingerprint density at radius 3 is 2.47 bits per heavy atom. The van der Waals surface area contributed by atoms with Gasteiger partial charge in [0.05, 0.1) is 12.2 Å². The van der Waals surface area contributed by atoms with Crippen LogP contribution in [0.25, 0.3) is 0 Å². The van der Waals surface area contributed by atoms with Crippen LogP contribution in [0.3, 0.4) is 0 Å². The van der Waals surface area contributed by atoms with Gasteiger partial charge in [0.2, 0.25) is 0 Å². The molecule has 0 heterocycles. The van der Waals surface area contributed by atoms with Gasteiger partial charge in [0.1, 0.15) is 0 Å². The van der Waals surface area contributed by atoms with Crippen molar-refractivity contribution >= 4 is 22.6 Å². The SMILES string of the molecule is CC(C)(C)OOCCc1ccccc1I. The van der Waals surface area contributed by atoms with Crippen molar-refractivity contribution < 1.29 is 9.78 Å². The molecule has 0 aliphatic heterocycles. The van der Waals surface area contributed by atoms with E-state index in [1.165, 1.54) is 9.13 Å². The van der Waals surface area contributed by atoms with E-state index in [0.29, 0.717) is 6.61 Å². The van der Waals surface area contributed by atoms with Crippen molar-refractivity contribution in [2.75, 3.05) is 6.61 Å². The summed E-state index contributed by atoms with van der Waals surface area (Å²) in [6.07, 6.45) is 0.884. The average Bonchev–Trinajstić information content (AvgIpc) is 2.13. The van der Waals surface area contributed by atoms with E-state index in [-0.39, 0.29) is 5.60 Å². The van der Waals surface area contributed by atoms with Gasteiger partial charge in [-0.2, -0.15) is 0 Å². The van der Waals surface area contributed by atoms with E-state index in [9.17, 15) is 0 Å². The molecule has 2 nitrogen and oxygen atoms in total. The second-order valence-electron chi connectivity index (χ2n) is 4.36. The molecule has 0 saturated carbocycles. The Morgan fingerprint density at radius 2 is 1.87 bits per heavy atom. The Bertz CT molecular complexity index is 305. The van der Waals surface area contributed by atoms with Crippen LogP contribution in [0.4, 0.5) is 0 Å². The van der Waals surface area contributed by atoms with Gasteiger partial charge in [-0.25, -0.2) is 9.78 Å². The minimum atomic E-state index is -0.232. The molecule has 0 aliphatic carbocycles. The van der Waals surface area contributed by atoms with Crippen molar-refractivity contribution in [2.45, 2.75) is 32.8 Å². The lowest BCUT2D eigenvalue weighted by Gasteiger charge is -2.17. The molecule has 0 atom stereocenters. The normalized spacial score (nSPS) is 11.7. The molecule has 0 spiro atoms. The van der Waals surface area contributed by atoms with Crippen LogP contribution in [0.2, 0.25) is 0 Å². The highest BCUT2D eigenvalue weighted by molar-refractivity contribution is 14.1. The maximum absolute atomic E-state index is 5.19. The largest absolute Gasteiger partial charge is 0.236 e. The molecule has 84 valence electrons. The Kier molecular flexibility index (Phi) is 5.02. The predicted octanol–water partition coefficient (Wildman–Crippen LogP) is 3.58. The van der Waals surface area contributed by atoms with Crippen LogP contribution in [-0.2, 0) is 16.2 Å². The minimum Gasteiger partial charge on any atom is -0.236 e. The van der Waals surface area contributed by atoms with Crippen molar-refractivity contribution in [1.29, 1.82) is 0 Å². The monoisotopic (exact) mass is 320 g/mol. The van der Waals surface area contributed by atoms with Crippen LogP contribution < -0.4 is 0 Å². The molecule has 0 N–H and O–H groups in total. The molecule has 1 aromatic rings. The summed E-state index contributed by atoms with van der Waals surface area (Å²) in [6.45, 7) is 6.51. The smallest absolute Gasteiger partial charge is 0.0952 e. The molecule has 0 saturated heterocycles. The molecule has 3 heteroatoms. The standard InChI is InChI=1S/C12H17IO2/c1-12(2,3)15-14-9-8-10-6-4-5-7-11(10)13/h4-7H,8-9H2,1-3H3. The van der Waals surface area contributed by atoms with Gasteiger partial charge in [-0.15, -0.1) is 0 Å². The first-order chi connectivity index (χ1) is 6.99. The molecule has 0 unspecified atom stereocenters. The summed E-state index contributed by atoms with van der Waals surface area (Å²) >= 11 is 2.33. The summed E-state index contributed by atoms with van der Waals surface area (Å²) in [5, 5.41) is 0. The number of hydrogen-bond acceptors (Lipinski definition) is 2. The van der Waals surface area contributed by atoms with Crippen molar-refractivity contribution in [3.8, 4) is 0 Å². The Balaban J connectivity index is 2.30. The lowest BCUT2D eigenvalue weighted by molar-refractivity contribution is -0.347. The van der Waals surface area contributed by atoms with Crippen molar-refractivity contribution in [3.63, 3.8) is 0 Å². The summed E-state index contributed by atoms with van der Waals surface area (Å²) in [7, 11) is 0. The van der Waals surface area contributed by atoms with Crippen LogP contribution >= 0.6 is 22.6 Å². The third kappa shape index (κ3) is 5.49. The van der Waals surface area contributed by atoms with Gasteiger partial charge in [-0.05, 0) is 61.4 Å². The first kappa shape index (κ1) is 12.9. The molecular weight excluding hydrogens is 303 g/mol. The zero-order valence-electron chi connectivity index (χ0n) is 9.42. The highest BCUT2D eigenvalue weighted by Gasteiger charge is 2.11. The van der Waals surface area contributed by atoms with Crippen molar-refractivity contribution in [1.82, 2.24) is 0 Å². The summed E-state index contributed by atoms with van der Waals surface area (Å²) in [4.78, 5) is 10.3. The average molecular weight is 320 g/mol. The summed E-state index contributed by atoms with van der Waals surface area (Å²) in [6, 6.07) is 8.29. The van der Waals surface area contributed by atoms with Crippen molar-refractivity contribution in [3.05, 3.63) is 33.4 Å². The summed E-state index contributed by atoms with van der Waals surface area (Å²) in [5.41, 5.74) is 1.07. The predicted molar refractivity (Wildman–Crippen MR) is 69.7 cm³/mol. The molecule has 15 heavy (non-hydrogen) atoms. The quantitative estimate of drug-likeness (QED) is 0.365. The minimum absolute atomic E-state index is 0.232. The molecule has 0 fully saturated rings. The number of hydrogen-bond donors (Lipinski definition) is 0. The number of benzene rings is 1. The molecule has 1 aromatic carbocycles. The van der Waals surface area contributed by atoms with Crippen LogP contribution in [0.1, 0.15) is 26.3 Å². The highest BCUT2D eigenvalue weighted by Crippen LogP contribution is 2.13. The Morgan fingerprint density at radius 1 is 1.20 bits per heavy atom. The highest BCUT2D eigenvalue weighted by atomic mass is 127. The van der Waals surface area contributed by atoms with E-state index in [4.69, 9.17) is 9.78 Å². The fourth-order valence-corrected chi connectivity index (χ4v) is 1.73. The maximum Gasteiger partial charge on any atom is 0.0952 e. The van der Waals surface area contributed by atoms with Gasteiger partial charge >= 0.3 is 0 Å². The van der Waals surface area contributed by atoms with E-state index in [1.54, 1.807) is 0 Å². The second kappa shape index (κ2) is 5.82. The van der Waals surface area contributed by atoms with E-state index < -0.39 is 0 Å². The number of rotatable bonds is 4. The van der Waals surface area contributed by atoms with Crippen LogP contribution in [0.5, 0.6) is 0 Å². The third-order valence-corrected chi connectivity index (χ3v) is 2.77. The molecule has 0 radical (unpaired) electrons. The summed E-state index contributed by atoms with van der Waals surface area (Å²) in [5.74, 6) is 0. The molecular formula is C12H17IO2. The van der Waals surface area contributed by atoms with Gasteiger partial charge in [0, 0.05) is 3.57 Å². The van der Waals surface area contributed by atoms with E-state index in [0.717, 1.165) is 6.42 Å². The van der Waals surface area contributed by atoms with Crippen LogP contribution in [-0.4, -0.2) is 12.2 Å². The van der Waals surface area contributed by atoms with Crippen LogP contribution in [0.15, 0.2) is 24.3 Å². The molecule has 0 bridgehead atoms. The zero-order valence-corrected chi connectivity index (χ0v) is 11.6. The topological polar surface area (TPSA) is 18.5 Å². The molecule has 0 amide bonds. The van der Waals surface area contributed by atoms with Gasteiger partial charge in [0.15, 0.2) is 0 Å². The van der Waals surface area contributed by atoms with Crippen molar-refractivity contribution in [2.24, 2.45) is 0 Å². The fourth-order valence-electron chi connectivity index (χ4n) is 1.07. The third-order valence-electron chi connectivity index (χ3n) is 1.72. The second-order valence-corrected chi connectivity index (χ2v) is 5.52. The maximum atomic E-state index is 5.19. The molecule has 0 aromatic heterocycles. The Hall–Kier alpha value is -0.130. The van der Waals surface area contributed by atoms with E-state index >= 15 is 0 Å². The van der Waals surface area contributed by atoms with Crippen LogP contribution in [0, 0.1) is 3.57 Å².